The molecule has 1 N–H and O–H groups in total. The lowest BCUT2D eigenvalue weighted by Gasteiger charge is -2.16. The lowest BCUT2D eigenvalue weighted by atomic mass is 10.0. The van der Waals surface area contributed by atoms with Crippen molar-refractivity contribution in [2.24, 2.45) is 0 Å². The van der Waals surface area contributed by atoms with Gasteiger partial charge >= 0.3 is 0 Å². The van der Waals surface area contributed by atoms with Crippen LogP contribution in [0.4, 0.5) is 11.4 Å². The van der Waals surface area contributed by atoms with E-state index >= 15 is 0 Å². The third-order valence-electron chi connectivity index (χ3n) is 3.54. The van der Waals surface area contributed by atoms with Gasteiger partial charge in [-0.1, -0.05) is 29.8 Å². The predicted molar refractivity (Wildman–Crippen MR) is 89.0 cm³/mol. The molecule has 2 aromatic carbocycles. The van der Waals surface area contributed by atoms with Crippen LogP contribution in [-0.4, -0.2) is 14.1 Å². The summed E-state index contributed by atoms with van der Waals surface area (Å²) in [5.41, 5.74) is 6.05. The molecule has 0 aromatic heterocycles. The van der Waals surface area contributed by atoms with E-state index in [4.69, 9.17) is 11.6 Å². The van der Waals surface area contributed by atoms with Crippen LogP contribution < -0.4 is 10.2 Å². The molecule has 2 nitrogen and oxygen atoms in total. The lowest BCUT2D eigenvalue weighted by molar-refractivity contribution is 1.09. The molecule has 0 aliphatic heterocycles. The molecular weight excluding hydrogens is 268 g/mol. The van der Waals surface area contributed by atoms with Gasteiger partial charge in [-0.15, -0.1) is 0 Å². The van der Waals surface area contributed by atoms with Crippen molar-refractivity contribution in [1.82, 2.24) is 0 Å². The first kappa shape index (κ1) is 14.7. The first-order chi connectivity index (χ1) is 9.49. The Hall–Kier alpha value is -1.67. The number of hydrogen-bond acceptors (Lipinski definition) is 2. The lowest BCUT2D eigenvalue weighted by Crippen LogP contribution is -2.09. The van der Waals surface area contributed by atoms with Crippen molar-refractivity contribution in [3.8, 4) is 0 Å². The third-order valence-corrected chi connectivity index (χ3v) is 3.85. The standard InChI is InChI=1S/C17H21ClN2/c1-12-6-5-7-13(2)15(12)11-19-14-8-9-17(20(3)4)16(18)10-14/h5-10,19H,11H2,1-4H3. The molecule has 0 aliphatic carbocycles. The van der Waals surface area contributed by atoms with E-state index in [0.29, 0.717) is 0 Å². The highest BCUT2D eigenvalue weighted by Gasteiger charge is 2.05. The third kappa shape index (κ3) is 3.26. The van der Waals surface area contributed by atoms with Crippen LogP contribution in [0.1, 0.15) is 16.7 Å². The van der Waals surface area contributed by atoms with E-state index in [1.54, 1.807) is 0 Å². The van der Waals surface area contributed by atoms with Gasteiger partial charge in [0.05, 0.1) is 10.7 Å². The van der Waals surface area contributed by atoms with Gasteiger partial charge in [-0.05, 0) is 48.7 Å². The summed E-state index contributed by atoms with van der Waals surface area (Å²) in [6, 6.07) is 12.5. The highest BCUT2D eigenvalue weighted by atomic mass is 35.5. The van der Waals surface area contributed by atoms with Gasteiger partial charge in [-0.2, -0.15) is 0 Å². The monoisotopic (exact) mass is 288 g/mol. The average Bonchev–Trinajstić information content (AvgIpc) is 2.37. The average molecular weight is 289 g/mol. The van der Waals surface area contributed by atoms with Crippen LogP contribution in [0.3, 0.4) is 0 Å². The fourth-order valence-electron chi connectivity index (χ4n) is 2.30. The van der Waals surface area contributed by atoms with E-state index in [2.05, 4.69) is 43.4 Å². The van der Waals surface area contributed by atoms with Gasteiger partial charge in [0.25, 0.3) is 0 Å². The Balaban J connectivity index is 2.14. The highest BCUT2D eigenvalue weighted by molar-refractivity contribution is 6.33. The van der Waals surface area contributed by atoms with Crippen LogP contribution >= 0.6 is 11.6 Å². The molecule has 0 spiro atoms. The van der Waals surface area contributed by atoms with E-state index in [1.165, 1.54) is 16.7 Å². The second-order valence-electron chi connectivity index (χ2n) is 5.28. The second-order valence-corrected chi connectivity index (χ2v) is 5.69. The molecular formula is C17H21ClN2. The molecule has 0 unspecified atom stereocenters. The Morgan fingerprint density at radius 3 is 2.25 bits per heavy atom. The van der Waals surface area contributed by atoms with Crippen LogP contribution in [0.5, 0.6) is 0 Å². The number of hydrogen-bond donors (Lipinski definition) is 1. The second kappa shape index (κ2) is 6.19. The number of benzene rings is 2. The smallest absolute Gasteiger partial charge is 0.0659 e. The van der Waals surface area contributed by atoms with Gasteiger partial charge in [0.2, 0.25) is 0 Å². The number of anilines is 2. The quantitative estimate of drug-likeness (QED) is 0.882. The van der Waals surface area contributed by atoms with Gasteiger partial charge in [-0.3, -0.25) is 0 Å². The molecule has 0 saturated heterocycles. The zero-order chi connectivity index (χ0) is 14.7. The van der Waals surface area contributed by atoms with Crippen LogP contribution in [0.15, 0.2) is 36.4 Å². The van der Waals surface area contributed by atoms with Gasteiger partial charge in [-0.25, -0.2) is 0 Å². The molecule has 3 heteroatoms. The summed E-state index contributed by atoms with van der Waals surface area (Å²) in [5.74, 6) is 0. The maximum atomic E-state index is 6.29. The minimum absolute atomic E-state index is 0.765. The topological polar surface area (TPSA) is 15.3 Å². The molecule has 106 valence electrons. The zero-order valence-corrected chi connectivity index (χ0v) is 13.3. The van der Waals surface area contributed by atoms with E-state index in [9.17, 15) is 0 Å². The normalized spacial score (nSPS) is 10.4. The Morgan fingerprint density at radius 1 is 1.05 bits per heavy atom. The first-order valence-corrected chi connectivity index (χ1v) is 7.12. The maximum absolute atomic E-state index is 6.29. The number of nitrogens with one attached hydrogen (secondary N) is 1. The Labute approximate surface area is 126 Å². The minimum Gasteiger partial charge on any atom is -0.381 e. The molecule has 2 rings (SSSR count). The summed E-state index contributed by atoms with van der Waals surface area (Å²) in [6.07, 6.45) is 0. The molecule has 0 atom stereocenters. The van der Waals surface area contributed by atoms with Crippen LogP contribution in [0.25, 0.3) is 0 Å². The molecule has 0 fully saturated rings. The SMILES string of the molecule is Cc1cccc(C)c1CNc1ccc(N(C)C)c(Cl)c1. The molecule has 0 heterocycles. The van der Waals surface area contributed by atoms with Crippen molar-refractivity contribution >= 4 is 23.0 Å². The number of halogens is 1. The van der Waals surface area contributed by atoms with E-state index in [-0.39, 0.29) is 0 Å². The van der Waals surface area contributed by atoms with E-state index in [0.717, 1.165) is 22.9 Å². The highest BCUT2D eigenvalue weighted by Crippen LogP contribution is 2.27. The molecule has 0 radical (unpaired) electrons. The minimum atomic E-state index is 0.765. The predicted octanol–water partition coefficient (Wildman–Crippen LogP) is 4.63. The Kier molecular flexibility index (Phi) is 4.56. The van der Waals surface area contributed by atoms with Crippen LogP contribution in [-0.2, 0) is 6.54 Å². The van der Waals surface area contributed by atoms with Gasteiger partial charge in [0, 0.05) is 26.3 Å². The van der Waals surface area contributed by atoms with Crippen molar-refractivity contribution < 1.29 is 0 Å². The zero-order valence-electron chi connectivity index (χ0n) is 12.5. The number of nitrogens with zero attached hydrogens (tertiary/aromatic N) is 1. The van der Waals surface area contributed by atoms with Crippen molar-refractivity contribution in [3.05, 3.63) is 58.1 Å². The molecule has 0 saturated carbocycles. The summed E-state index contributed by atoms with van der Waals surface area (Å²) in [4.78, 5) is 2.01. The molecule has 0 aliphatic rings. The first-order valence-electron chi connectivity index (χ1n) is 6.75. The molecule has 0 bridgehead atoms. The number of aryl methyl sites for hydroxylation is 2. The summed E-state index contributed by atoms with van der Waals surface area (Å²) in [5, 5.41) is 4.21. The fraction of sp³-hybridized carbons (Fsp3) is 0.294. The van der Waals surface area contributed by atoms with Crippen molar-refractivity contribution in [2.75, 3.05) is 24.3 Å². The fourth-order valence-corrected chi connectivity index (χ4v) is 2.65. The summed E-state index contributed by atoms with van der Waals surface area (Å²) >= 11 is 6.29. The van der Waals surface area contributed by atoms with Crippen molar-refractivity contribution in [1.29, 1.82) is 0 Å². The van der Waals surface area contributed by atoms with Crippen molar-refractivity contribution in [3.63, 3.8) is 0 Å². The van der Waals surface area contributed by atoms with Gasteiger partial charge < -0.3 is 10.2 Å². The van der Waals surface area contributed by atoms with E-state index in [1.807, 2.05) is 31.1 Å². The van der Waals surface area contributed by atoms with Gasteiger partial charge in [0.15, 0.2) is 0 Å². The van der Waals surface area contributed by atoms with Crippen LogP contribution in [0, 0.1) is 13.8 Å². The summed E-state index contributed by atoms with van der Waals surface area (Å²) < 4.78 is 0. The van der Waals surface area contributed by atoms with Crippen LogP contribution in [0.2, 0.25) is 5.02 Å². The Bertz CT molecular complexity index is 586. The number of rotatable bonds is 4. The van der Waals surface area contributed by atoms with Gasteiger partial charge in [0.1, 0.15) is 0 Å². The van der Waals surface area contributed by atoms with Crippen molar-refractivity contribution in [2.45, 2.75) is 20.4 Å². The summed E-state index contributed by atoms with van der Waals surface area (Å²) in [6.45, 7) is 5.11. The Morgan fingerprint density at radius 2 is 1.70 bits per heavy atom. The molecule has 2 aromatic rings. The molecule has 0 amide bonds. The molecule has 20 heavy (non-hydrogen) atoms. The maximum Gasteiger partial charge on any atom is 0.0659 e. The largest absolute Gasteiger partial charge is 0.381 e. The van der Waals surface area contributed by atoms with E-state index < -0.39 is 0 Å². The summed E-state index contributed by atoms with van der Waals surface area (Å²) in [7, 11) is 3.98.